The van der Waals surface area contributed by atoms with Gasteiger partial charge in [-0.15, -0.1) is 0 Å². The van der Waals surface area contributed by atoms with Gasteiger partial charge in [0.15, 0.2) is 0 Å². The molecule has 0 spiro atoms. The molecule has 1 aliphatic rings. The topological polar surface area (TPSA) is 63.4 Å². The van der Waals surface area contributed by atoms with E-state index in [0.717, 1.165) is 41.6 Å². The Bertz CT molecular complexity index is 835. The SMILES string of the molecule is CN(C)c1ccc(-c2ccc(CC3(S(N)(=O)=O)CCCCC3)cc2)cc1. The lowest BCUT2D eigenvalue weighted by molar-refractivity contribution is 0.370. The molecule has 1 fully saturated rings. The summed E-state index contributed by atoms with van der Waals surface area (Å²) in [6.07, 6.45) is 4.81. The van der Waals surface area contributed by atoms with Crippen molar-refractivity contribution in [2.24, 2.45) is 5.14 Å². The molecule has 3 rings (SSSR count). The predicted molar refractivity (Wildman–Crippen MR) is 109 cm³/mol. The molecule has 0 bridgehead atoms. The van der Waals surface area contributed by atoms with Crippen LogP contribution in [0.4, 0.5) is 5.69 Å². The molecular formula is C21H28N2O2S. The molecule has 2 aromatic rings. The van der Waals surface area contributed by atoms with Gasteiger partial charge < -0.3 is 4.90 Å². The lowest BCUT2D eigenvalue weighted by Gasteiger charge is -2.35. The Morgan fingerprint density at radius 3 is 1.85 bits per heavy atom. The van der Waals surface area contributed by atoms with E-state index >= 15 is 0 Å². The Labute approximate surface area is 157 Å². The third kappa shape index (κ3) is 3.94. The van der Waals surface area contributed by atoms with E-state index in [1.807, 2.05) is 26.2 Å². The summed E-state index contributed by atoms with van der Waals surface area (Å²) in [5, 5.41) is 5.62. The number of hydrogen-bond acceptors (Lipinski definition) is 3. The number of sulfonamides is 1. The zero-order valence-electron chi connectivity index (χ0n) is 15.6. The number of benzene rings is 2. The number of hydrogen-bond donors (Lipinski definition) is 1. The van der Waals surface area contributed by atoms with Crippen LogP contribution in [0.3, 0.4) is 0 Å². The van der Waals surface area contributed by atoms with E-state index in [4.69, 9.17) is 5.14 Å². The number of nitrogens with zero attached hydrogens (tertiary/aromatic N) is 1. The molecule has 0 heterocycles. The molecular weight excluding hydrogens is 344 g/mol. The lowest BCUT2D eigenvalue weighted by atomic mass is 9.83. The first-order valence-electron chi connectivity index (χ1n) is 9.20. The summed E-state index contributed by atoms with van der Waals surface area (Å²) >= 11 is 0. The van der Waals surface area contributed by atoms with E-state index < -0.39 is 14.8 Å². The van der Waals surface area contributed by atoms with Gasteiger partial charge in [-0.3, -0.25) is 0 Å². The molecule has 0 amide bonds. The molecule has 26 heavy (non-hydrogen) atoms. The van der Waals surface area contributed by atoms with Crippen molar-refractivity contribution in [1.82, 2.24) is 0 Å². The number of primary sulfonamides is 1. The predicted octanol–water partition coefficient (Wildman–Crippen LogP) is 3.95. The molecule has 0 aromatic heterocycles. The summed E-state index contributed by atoms with van der Waals surface area (Å²) in [5.41, 5.74) is 4.49. The van der Waals surface area contributed by atoms with Crippen molar-refractivity contribution in [3.63, 3.8) is 0 Å². The van der Waals surface area contributed by atoms with Crippen molar-refractivity contribution in [3.05, 3.63) is 54.1 Å². The molecule has 1 saturated carbocycles. The quantitative estimate of drug-likeness (QED) is 0.864. The van der Waals surface area contributed by atoms with Crippen LogP contribution in [0.2, 0.25) is 0 Å². The smallest absolute Gasteiger partial charge is 0.215 e. The maximum Gasteiger partial charge on any atom is 0.215 e. The van der Waals surface area contributed by atoms with Crippen molar-refractivity contribution < 1.29 is 8.42 Å². The van der Waals surface area contributed by atoms with Gasteiger partial charge in [0, 0.05) is 19.8 Å². The third-order valence-electron chi connectivity index (χ3n) is 5.57. The van der Waals surface area contributed by atoms with Gasteiger partial charge in [0.1, 0.15) is 0 Å². The standard InChI is InChI=1S/C21H28N2O2S/c1-23(2)20-12-10-19(11-13-20)18-8-6-17(7-9-18)16-21(26(22,24)25)14-4-3-5-15-21/h6-13H,3-5,14-16H2,1-2H3,(H2,22,24,25). The van der Waals surface area contributed by atoms with Crippen LogP contribution >= 0.6 is 0 Å². The van der Waals surface area contributed by atoms with Crippen LogP contribution < -0.4 is 10.0 Å². The van der Waals surface area contributed by atoms with Crippen molar-refractivity contribution >= 4 is 15.7 Å². The summed E-state index contributed by atoms with van der Waals surface area (Å²) in [6, 6.07) is 16.6. The van der Waals surface area contributed by atoms with Crippen molar-refractivity contribution in [2.45, 2.75) is 43.3 Å². The van der Waals surface area contributed by atoms with Gasteiger partial charge in [-0.05, 0) is 48.1 Å². The van der Waals surface area contributed by atoms with Crippen LogP contribution in [-0.2, 0) is 16.4 Å². The lowest BCUT2D eigenvalue weighted by Crippen LogP contribution is -2.46. The number of nitrogens with two attached hydrogens (primary N) is 1. The second-order valence-corrected chi connectivity index (χ2v) is 9.56. The zero-order chi connectivity index (χ0) is 18.8. The highest BCUT2D eigenvalue weighted by molar-refractivity contribution is 7.90. The minimum atomic E-state index is -3.57. The van der Waals surface area contributed by atoms with Gasteiger partial charge in [-0.2, -0.15) is 0 Å². The number of anilines is 1. The first-order chi connectivity index (χ1) is 12.3. The highest BCUT2D eigenvalue weighted by atomic mass is 32.2. The van der Waals surface area contributed by atoms with E-state index in [9.17, 15) is 8.42 Å². The molecule has 0 aliphatic heterocycles. The fourth-order valence-electron chi connectivity index (χ4n) is 3.90. The van der Waals surface area contributed by atoms with E-state index in [0.29, 0.717) is 19.3 Å². The summed E-state index contributed by atoms with van der Waals surface area (Å²) in [4.78, 5) is 2.07. The molecule has 4 nitrogen and oxygen atoms in total. The van der Waals surface area contributed by atoms with Crippen LogP contribution in [0.5, 0.6) is 0 Å². The molecule has 0 atom stereocenters. The van der Waals surface area contributed by atoms with Crippen molar-refractivity contribution in [2.75, 3.05) is 19.0 Å². The van der Waals surface area contributed by atoms with Gasteiger partial charge in [0.05, 0.1) is 4.75 Å². The fourth-order valence-corrected chi connectivity index (χ4v) is 5.12. The van der Waals surface area contributed by atoms with Gasteiger partial charge in [0.2, 0.25) is 10.0 Å². The van der Waals surface area contributed by atoms with Gasteiger partial charge in [-0.25, -0.2) is 13.6 Å². The molecule has 1 aliphatic carbocycles. The van der Waals surface area contributed by atoms with Crippen LogP contribution in [0.15, 0.2) is 48.5 Å². The normalized spacial score (nSPS) is 17.0. The first-order valence-corrected chi connectivity index (χ1v) is 10.7. The molecule has 0 saturated heterocycles. The van der Waals surface area contributed by atoms with Gasteiger partial charge >= 0.3 is 0 Å². The largest absolute Gasteiger partial charge is 0.378 e. The Morgan fingerprint density at radius 1 is 0.885 bits per heavy atom. The Morgan fingerprint density at radius 2 is 1.38 bits per heavy atom. The minimum absolute atomic E-state index is 0.506. The van der Waals surface area contributed by atoms with Gasteiger partial charge in [0.25, 0.3) is 0 Å². The summed E-state index contributed by atoms with van der Waals surface area (Å²) in [5.74, 6) is 0. The fraction of sp³-hybridized carbons (Fsp3) is 0.429. The summed E-state index contributed by atoms with van der Waals surface area (Å²) < 4.78 is 23.7. The van der Waals surface area contributed by atoms with E-state index in [1.54, 1.807) is 0 Å². The average molecular weight is 373 g/mol. The Balaban J connectivity index is 1.80. The summed E-state index contributed by atoms with van der Waals surface area (Å²) in [6.45, 7) is 0. The van der Waals surface area contributed by atoms with E-state index in [-0.39, 0.29) is 0 Å². The number of rotatable bonds is 5. The Hall–Kier alpha value is -1.85. The van der Waals surface area contributed by atoms with E-state index in [2.05, 4.69) is 41.3 Å². The highest BCUT2D eigenvalue weighted by Gasteiger charge is 2.42. The first kappa shape index (κ1) is 18.9. The van der Waals surface area contributed by atoms with Crippen molar-refractivity contribution in [3.8, 4) is 11.1 Å². The molecule has 0 unspecified atom stereocenters. The monoisotopic (exact) mass is 372 g/mol. The minimum Gasteiger partial charge on any atom is -0.378 e. The molecule has 2 aromatic carbocycles. The maximum absolute atomic E-state index is 12.3. The zero-order valence-corrected chi connectivity index (χ0v) is 16.4. The molecule has 0 radical (unpaired) electrons. The molecule has 2 N–H and O–H groups in total. The van der Waals surface area contributed by atoms with Crippen molar-refractivity contribution in [1.29, 1.82) is 0 Å². The van der Waals surface area contributed by atoms with E-state index in [1.165, 1.54) is 0 Å². The average Bonchev–Trinajstić information content (AvgIpc) is 2.62. The maximum atomic E-state index is 12.3. The Kier molecular flexibility index (Phi) is 5.39. The highest BCUT2D eigenvalue weighted by Crippen LogP contribution is 2.37. The van der Waals surface area contributed by atoms with Crippen LogP contribution in [0.25, 0.3) is 11.1 Å². The van der Waals surface area contributed by atoms with Crippen LogP contribution in [0.1, 0.15) is 37.7 Å². The second-order valence-electron chi connectivity index (χ2n) is 7.60. The molecule has 140 valence electrons. The summed E-state index contributed by atoms with van der Waals surface area (Å²) in [7, 11) is 0.483. The molecule has 5 heteroatoms. The van der Waals surface area contributed by atoms with Gasteiger partial charge in [-0.1, -0.05) is 55.7 Å². The van der Waals surface area contributed by atoms with Crippen LogP contribution in [0, 0.1) is 0 Å². The third-order valence-corrected chi connectivity index (χ3v) is 7.33. The van der Waals surface area contributed by atoms with Crippen LogP contribution in [-0.4, -0.2) is 27.3 Å². The second kappa shape index (κ2) is 7.41.